The van der Waals surface area contributed by atoms with Crippen LogP contribution in [0.25, 0.3) is 0 Å². The van der Waals surface area contributed by atoms with Crippen molar-refractivity contribution in [3.05, 3.63) is 35.4 Å². The molecule has 0 N–H and O–H groups in total. The van der Waals surface area contributed by atoms with Crippen LogP contribution in [0, 0.1) is 5.92 Å². The minimum atomic E-state index is 0.00966. The molecule has 3 aliphatic heterocycles. The first-order valence-electron chi connectivity index (χ1n) is 10.6. The maximum Gasteiger partial charge on any atom is 0.319 e. The van der Waals surface area contributed by atoms with Gasteiger partial charge in [0.1, 0.15) is 0 Å². The van der Waals surface area contributed by atoms with Gasteiger partial charge in [-0.3, -0.25) is 9.59 Å². The van der Waals surface area contributed by atoms with Crippen LogP contribution in [0.4, 0.5) is 4.79 Å². The van der Waals surface area contributed by atoms with E-state index >= 15 is 0 Å². The van der Waals surface area contributed by atoms with E-state index in [0.29, 0.717) is 32.7 Å². The van der Waals surface area contributed by atoms with Crippen molar-refractivity contribution >= 4 is 17.8 Å². The lowest BCUT2D eigenvalue weighted by atomic mass is 9.93. The molecule has 1 aromatic rings. The van der Waals surface area contributed by atoms with Crippen molar-refractivity contribution in [2.75, 3.05) is 40.3 Å². The van der Waals surface area contributed by atoms with E-state index in [2.05, 4.69) is 0 Å². The zero-order valence-electron chi connectivity index (χ0n) is 17.3. The van der Waals surface area contributed by atoms with Gasteiger partial charge in [0.05, 0.1) is 0 Å². The van der Waals surface area contributed by atoms with E-state index < -0.39 is 0 Å². The molecule has 0 aliphatic carbocycles. The Morgan fingerprint density at radius 2 is 1.55 bits per heavy atom. The molecule has 0 aromatic heterocycles. The zero-order valence-corrected chi connectivity index (χ0v) is 17.3. The van der Waals surface area contributed by atoms with Gasteiger partial charge in [-0.25, -0.2) is 4.79 Å². The summed E-state index contributed by atoms with van der Waals surface area (Å²) in [5, 5.41) is 0. The number of piperidine rings is 2. The molecule has 2 fully saturated rings. The summed E-state index contributed by atoms with van der Waals surface area (Å²) >= 11 is 0. The van der Waals surface area contributed by atoms with E-state index in [1.807, 2.05) is 39.0 Å². The fourth-order valence-corrected chi connectivity index (χ4v) is 4.83. The number of benzene rings is 1. The third kappa shape index (κ3) is 3.82. The maximum atomic E-state index is 13.0. The molecule has 3 aliphatic rings. The largest absolute Gasteiger partial charge is 0.342 e. The SMILES string of the molecule is CN(C)C(=O)N1CCC(C(=O)N2CCC(N3Cc4ccccc4C3=O)CC2)CC1. The Morgan fingerprint density at radius 1 is 0.931 bits per heavy atom. The predicted molar refractivity (Wildman–Crippen MR) is 109 cm³/mol. The molecule has 0 saturated carbocycles. The van der Waals surface area contributed by atoms with Crippen LogP contribution in [0.3, 0.4) is 0 Å². The molecule has 2 saturated heterocycles. The molecule has 0 atom stereocenters. The van der Waals surface area contributed by atoms with Gasteiger partial charge in [0.25, 0.3) is 5.91 Å². The van der Waals surface area contributed by atoms with Gasteiger partial charge < -0.3 is 19.6 Å². The summed E-state index contributed by atoms with van der Waals surface area (Å²) in [6, 6.07) is 8.06. The number of likely N-dealkylation sites (tertiary alicyclic amines) is 2. The molecule has 7 nitrogen and oxygen atoms in total. The first-order chi connectivity index (χ1) is 14.0. The van der Waals surface area contributed by atoms with E-state index in [9.17, 15) is 14.4 Å². The van der Waals surface area contributed by atoms with Gasteiger partial charge >= 0.3 is 6.03 Å². The van der Waals surface area contributed by atoms with Crippen LogP contribution in [0.15, 0.2) is 24.3 Å². The standard InChI is InChI=1S/C22H30N4O3/c1-23(2)22(29)25-11-7-16(8-12-25)20(27)24-13-9-18(10-14-24)26-15-17-5-3-4-6-19(17)21(26)28/h3-6,16,18H,7-15H2,1-2H3. The fourth-order valence-electron chi connectivity index (χ4n) is 4.83. The van der Waals surface area contributed by atoms with Gasteiger partial charge in [-0.2, -0.15) is 0 Å². The molecule has 0 spiro atoms. The second kappa shape index (κ2) is 8.05. The molecule has 156 valence electrons. The Balaban J connectivity index is 1.28. The molecule has 1 aromatic carbocycles. The van der Waals surface area contributed by atoms with Gasteiger partial charge in [-0.05, 0) is 37.3 Å². The average molecular weight is 399 g/mol. The van der Waals surface area contributed by atoms with Gasteiger partial charge in [-0.15, -0.1) is 0 Å². The molecule has 29 heavy (non-hydrogen) atoms. The first-order valence-corrected chi connectivity index (χ1v) is 10.6. The highest BCUT2D eigenvalue weighted by atomic mass is 16.2. The summed E-state index contributed by atoms with van der Waals surface area (Å²) in [6.45, 7) is 3.39. The van der Waals surface area contributed by atoms with Crippen molar-refractivity contribution in [1.82, 2.24) is 19.6 Å². The van der Waals surface area contributed by atoms with Crippen LogP contribution in [-0.4, -0.2) is 83.8 Å². The Bertz CT molecular complexity index is 793. The van der Waals surface area contributed by atoms with E-state index in [0.717, 1.165) is 36.8 Å². The number of nitrogens with zero attached hydrogens (tertiary/aromatic N) is 4. The van der Waals surface area contributed by atoms with Crippen molar-refractivity contribution in [3.63, 3.8) is 0 Å². The van der Waals surface area contributed by atoms with Gasteiger partial charge in [0.2, 0.25) is 5.91 Å². The summed E-state index contributed by atoms with van der Waals surface area (Å²) in [5.41, 5.74) is 1.93. The summed E-state index contributed by atoms with van der Waals surface area (Å²) in [7, 11) is 3.51. The van der Waals surface area contributed by atoms with Gasteiger partial charge in [0, 0.05) is 64.3 Å². The minimum absolute atomic E-state index is 0.00966. The number of carbonyl (C=O) groups excluding carboxylic acids is 3. The predicted octanol–water partition coefficient (Wildman–Crippen LogP) is 2.03. The van der Waals surface area contributed by atoms with E-state index in [1.165, 1.54) is 0 Å². The molecule has 0 radical (unpaired) electrons. The van der Waals surface area contributed by atoms with Crippen molar-refractivity contribution < 1.29 is 14.4 Å². The molecule has 0 unspecified atom stereocenters. The maximum absolute atomic E-state index is 13.0. The number of rotatable bonds is 2. The Labute approximate surface area is 172 Å². The number of carbonyl (C=O) groups is 3. The van der Waals surface area contributed by atoms with Gasteiger partial charge in [0.15, 0.2) is 0 Å². The number of fused-ring (bicyclic) bond motifs is 1. The summed E-state index contributed by atoms with van der Waals surface area (Å²) < 4.78 is 0. The van der Waals surface area contributed by atoms with E-state index in [4.69, 9.17) is 0 Å². The highest BCUT2D eigenvalue weighted by molar-refractivity contribution is 5.98. The molecule has 4 amide bonds. The van der Waals surface area contributed by atoms with Crippen molar-refractivity contribution in [3.8, 4) is 0 Å². The van der Waals surface area contributed by atoms with Crippen molar-refractivity contribution in [2.45, 2.75) is 38.3 Å². The number of urea groups is 1. The van der Waals surface area contributed by atoms with Crippen molar-refractivity contribution in [2.24, 2.45) is 5.92 Å². The Morgan fingerprint density at radius 3 is 2.17 bits per heavy atom. The Hall–Kier alpha value is -2.57. The van der Waals surface area contributed by atoms with Crippen LogP contribution >= 0.6 is 0 Å². The van der Waals surface area contributed by atoms with Crippen LogP contribution in [0.1, 0.15) is 41.6 Å². The molecule has 3 heterocycles. The molecule has 4 rings (SSSR count). The molecule has 0 bridgehead atoms. The van der Waals surface area contributed by atoms with Crippen LogP contribution in [0.2, 0.25) is 0 Å². The number of hydrogen-bond acceptors (Lipinski definition) is 3. The molecular weight excluding hydrogens is 368 g/mol. The summed E-state index contributed by atoms with van der Waals surface area (Å²) in [6.07, 6.45) is 3.14. The topological polar surface area (TPSA) is 64.2 Å². The van der Waals surface area contributed by atoms with Gasteiger partial charge in [-0.1, -0.05) is 18.2 Å². The lowest BCUT2D eigenvalue weighted by Crippen LogP contribution is -2.50. The quantitative estimate of drug-likeness (QED) is 0.766. The minimum Gasteiger partial charge on any atom is -0.342 e. The normalized spacial score (nSPS) is 20.8. The number of amides is 4. The first kappa shape index (κ1) is 19.7. The fraction of sp³-hybridized carbons (Fsp3) is 0.591. The lowest BCUT2D eigenvalue weighted by Gasteiger charge is -2.39. The zero-order chi connectivity index (χ0) is 20.5. The van der Waals surface area contributed by atoms with Crippen LogP contribution < -0.4 is 0 Å². The van der Waals surface area contributed by atoms with Crippen LogP contribution in [0.5, 0.6) is 0 Å². The lowest BCUT2D eigenvalue weighted by molar-refractivity contribution is -0.138. The van der Waals surface area contributed by atoms with E-state index in [-0.39, 0.29) is 29.8 Å². The second-order valence-electron chi connectivity index (χ2n) is 8.58. The third-order valence-corrected chi connectivity index (χ3v) is 6.56. The van der Waals surface area contributed by atoms with Crippen LogP contribution in [-0.2, 0) is 11.3 Å². The highest BCUT2D eigenvalue weighted by Gasteiger charge is 2.37. The molecule has 7 heteroatoms. The van der Waals surface area contributed by atoms with Crippen molar-refractivity contribution in [1.29, 1.82) is 0 Å². The Kier molecular flexibility index (Phi) is 5.48. The third-order valence-electron chi connectivity index (χ3n) is 6.56. The monoisotopic (exact) mass is 398 g/mol. The second-order valence-corrected chi connectivity index (χ2v) is 8.58. The number of hydrogen-bond donors (Lipinski definition) is 0. The average Bonchev–Trinajstić information content (AvgIpc) is 3.09. The smallest absolute Gasteiger partial charge is 0.319 e. The summed E-state index contributed by atoms with van der Waals surface area (Å²) in [5.74, 6) is 0.357. The highest BCUT2D eigenvalue weighted by Crippen LogP contribution is 2.29. The summed E-state index contributed by atoms with van der Waals surface area (Å²) in [4.78, 5) is 45.1. The van der Waals surface area contributed by atoms with E-state index in [1.54, 1.807) is 19.0 Å². The molecular formula is C22H30N4O3.